The minimum atomic E-state index is -0.928. The van der Waals surface area contributed by atoms with Crippen LogP contribution < -0.4 is 5.01 Å². The van der Waals surface area contributed by atoms with Crippen LogP contribution in [0.4, 0.5) is 5.69 Å². The third-order valence-electron chi connectivity index (χ3n) is 3.56. The van der Waals surface area contributed by atoms with Gasteiger partial charge in [0.05, 0.1) is 17.7 Å². The molecule has 1 heterocycles. The second-order valence-electron chi connectivity index (χ2n) is 4.81. The van der Waals surface area contributed by atoms with E-state index in [1.165, 1.54) is 5.01 Å². The molecule has 0 bridgehead atoms. The lowest BCUT2D eigenvalue weighted by molar-refractivity contribution is -0.136. The number of amides is 1. The van der Waals surface area contributed by atoms with E-state index in [2.05, 4.69) is 5.10 Å². The second-order valence-corrected chi connectivity index (χ2v) is 4.81. The molecule has 1 aromatic carbocycles. The van der Waals surface area contributed by atoms with Crippen LogP contribution in [0.15, 0.2) is 35.4 Å². The van der Waals surface area contributed by atoms with Crippen molar-refractivity contribution in [2.75, 3.05) is 11.6 Å². The first kappa shape index (κ1) is 14.2. The Labute approximate surface area is 118 Å². The molecule has 0 aliphatic carbocycles. The smallest absolute Gasteiger partial charge is 0.355 e. The van der Waals surface area contributed by atoms with E-state index in [1.54, 1.807) is 26.0 Å². The van der Waals surface area contributed by atoms with Gasteiger partial charge >= 0.3 is 5.97 Å². The predicted molar refractivity (Wildman–Crippen MR) is 76.4 cm³/mol. The topological polar surface area (TPSA) is 59.0 Å². The van der Waals surface area contributed by atoms with Crippen LogP contribution in [-0.4, -0.2) is 24.2 Å². The van der Waals surface area contributed by atoms with Crippen LogP contribution in [0.5, 0.6) is 0 Å². The van der Waals surface area contributed by atoms with Gasteiger partial charge in [-0.15, -0.1) is 0 Å². The van der Waals surface area contributed by atoms with Crippen molar-refractivity contribution in [3.63, 3.8) is 0 Å². The molecule has 0 aromatic heterocycles. The zero-order valence-electron chi connectivity index (χ0n) is 11.9. The first-order valence-corrected chi connectivity index (χ1v) is 6.70. The van der Waals surface area contributed by atoms with Crippen LogP contribution >= 0.6 is 0 Å². The van der Waals surface area contributed by atoms with E-state index in [-0.39, 0.29) is 18.2 Å². The van der Waals surface area contributed by atoms with Crippen molar-refractivity contribution in [1.29, 1.82) is 0 Å². The number of hydrogen-bond donors (Lipinski definition) is 0. The van der Waals surface area contributed by atoms with Crippen molar-refractivity contribution < 1.29 is 14.3 Å². The van der Waals surface area contributed by atoms with Gasteiger partial charge in [-0.05, 0) is 32.4 Å². The fourth-order valence-corrected chi connectivity index (χ4v) is 2.12. The number of rotatable bonds is 4. The van der Waals surface area contributed by atoms with Gasteiger partial charge in [0.2, 0.25) is 0 Å². The van der Waals surface area contributed by atoms with E-state index in [9.17, 15) is 9.59 Å². The SMILES string of the molecule is CCOC(=O)C1=NN(c2ccccc2)C(=O)C1(C)CC. The minimum Gasteiger partial charge on any atom is -0.461 e. The number of ether oxygens (including phenoxy) is 1. The van der Waals surface area contributed by atoms with E-state index in [4.69, 9.17) is 4.74 Å². The summed E-state index contributed by atoms with van der Waals surface area (Å²) in [5, 5.41) is 5.50. The molecule has 0 fully saturated rings. The van der Waals surface area contributed by atoms with Gasteiger partial charge in [0.1, 0.15) is 0 Å². The number of esters is 1. The lowest BCUT2D eigenvalue weighted by Gasteiger charge is -2.21. The maximum absolute atomic E-state index is 12.6. The largest absolute Gasteiger partial charge is 0.461 e. The fourth-order valence-electron chi connectivity index (χ4n) is 2.12. The highest BCUT2D eigenvalue weighted by molar-refractivity contribution is 6.45. The van der Waals surface area contributed by atoms with Crippen molar-refractivity contribution in [3.05, 3.63) is 30.3 Å². The molecule has 0 saturated carbocycles. The highest BCUT2D eigenvalue weighted by Crippen LogP contribution is 2.35. The van der Waals surface area contributed by atoms with Crippen LogP contribution in [0.1, 0.15) is 27.2 Å². The molecule has 5 nitrogen and oxygen atoms in total. The van der Waals surface area contributed by atoms with Gasteiger partial charge in [-0.3, -0.25) is 4.79 Å². The molecule has 0 spiro atoms. The molecule has 1 aliphatic heterocycles. The fraction of sp³-hybridized carbons (Fsp3) is 0.400. The molecule has 1 amide bonds. The quantitative estimate of drug-likeness (QED) is 0.792. The number of para-hydroxylation sites is 1. The standard InChI is InChI=1S/C15H18N2O3/c1-4-15(3)12(13(18)20-5-2)16-17(14(15)19)11-9-7-6-8-10-11/h6-10H,4-5H2,1-3H3. The maximum atomic E-state index is 12.6. The van der Waals surface area contributed by atoms with E-state index < -0.39 is 11.4 Å². The molecule has 0 N–H and O–H groups in total. The van der Waals surface area contributed by atoms with Crippen molar-refractivity contribution in [2.45, 2.75) is 27.2 Å². The predicted octanol–water partition coefficient (Wildman–Crippen LogP) is 2.37. The summed E-state index contributed by atoms with van der Waals surface area (Å²) >= 11 is 0. The zero-order chi connectivity index (χ0) is 14.8. The van der Waals surface area contributed by atoms with E-state index in [0.717, 1.165) is 0 Å². The Bertz CT molecular complexity index is 553. The van der Waals surface area contributed by atoms with Crippen LogP contribution in [-0.2, 0) is 14.3 Å². The third kappa shape index (κ3) is 2.19. The van der Waals surface area contributed by atoms with E-state index in [0.29, 0.717) is 12.1 Å². The number of nitrogens with zero attached hydrogens (tertiary/aromatic N) is 2. The summed E-state index contributed by atoms with van der Waals surface area (Å²) < 4.78 is 5.01. The molecule has 20 heavy (non-hydrogen) atoms. The highest BCUT2D eigenvalue weighted by Gasteiger charge is 2.50. The number of carbonyl (C=O) groups is 2. The molecular weight excluding hydrogens is 256 g/mol. The van der Waals surface area contributed by atoms with Crippen LogP contribution in [0.3, 0.4) is 0 Å². The molecule has 5 heteroatoms. The van der Waals surface area contributed by atoms with Gasteiger partial charge in [0.15, 0.2) is 5.71 Å². The van der Waals surface area contributed by atoms with Crippen molar-refractivity contribution in [1.82, 2.24) is 0 Å². The summed E-state index contributed by atoms with van der Waals surface area (Å²) in [5.74, 6) is -0.724. The van der Waals surface area contributed by atoms with Crippen LogP contribution in [0.25, 0.3) is 0 Å². The van der Waals surface area contributed by atoms with Crippen LogP contribution in [0, 0.1) is 5.41 Å². The summed E-state index contributed by atoms with van der Waals surface area (Å²) in [6, 6.07) is 9.07. The Balaban J connectivity index is 2.42. The molecule has 1 atom stereocenters. The van der Waals surface area contributed by atoms with Crippen molar-refractivity contribution in [2.24, 2.45) is 10.5 Å². The maximum Gasteiger partial charge on any atom is 0.355 e. The molecular formula is C15H18N2O3. The number of hydrogen-bond acceptors (Lipinski definition) is 4. The Morgan fingerprint density at radius 1 is 1.30 bits per heavy atom. The summed E-state index contributed by atoms with van der Waals surface area (Å²) in [6.45, 7) is 5.58. The van der Waals surface area contributed by atoms with E-state index >= 15 is 0 Å². The first-order valence-electron chi connectivity index (χ1n) is 6.70. The number of anilines is 1. The lowest BCUT2D eigenvalue weighted by Crippen LogP contribution is -2.40. The third-order valence-corrected chi connectivity index (χ3v) is 3.56. The molecule has 1 unspecified atom stereocenters. The normalized spacial score (nSPS) is 21.9. The Morgan fingerprint density at radius 3 is 2.50 bits per heavy atom. The molecule has 106 valence electrons. The summed E-state index contributed by atoms with van der Waals surface area (Å²) in [7, 11) is 0. The van der Waals surface area contributed by atoms with Gasteiger partial charge in [-0.25, -0.2) is 4.79 Å². The van der Waals surface area contributed by atoms with Crippen LogP contribution in [0.2, 0.25) is 0 Å². The highest BCUT2D eigenvalue weighted by atomic mass is 16.5. The second kappa shape index (κ2) is 5.45. The lowest BCUT2D eigenvalue weighted by atomic mass is 9.82. The Morgan fingerprint density at radius 2 is 1.95 bits per heavy atom. The summed E-state index contributed by atoms with van der Waals surface area (Å²) in [4.78, 5) is 24.6. The molecule has 0 radical (unpaired) electrons. The Kier molecular flexibility index (Phi) is 3.88. The summed E-state index contributed by atoms with van der Waals surface area (Å²) in [6.07, 6.45) is 0.493. The average molecular weight is 274 g/mol. The number of carbonyl (C=O) groups excluding carboxylic acids is 2. The molecule has 0 saturated heterocycles. The summed E-state index contributed by atoms with van der Waals surface area (Å²) in [5.41, 5.74) is -0.102. The zero-order valence-corrected chi connectivity index (χ0v) is 11.9. The van der Waals surface area contributed by atoms with Gasteiger partial charge < -0.3 is 4.74 Å². The number of benzene rings is 1. The van der Waals surface area contributed by atoms with Crippen molar-refractivity contribution in [3.8, 4) is 0 Å². The molecule has 1 aromatic rings. The monoisotopic (exact) mass is 274 g/mol. The van der Waals surface area contributed by atoms with E-state index in [1.807, 2.05) is 25.1 Å². The first-order chi connectivity index (χ1) is 9.54. The van der Waals surface area contributed by atoms with Gasteiger partial charge in [-0.1, -0.05) is 25.1 Å². The molecule has 1 aliphatic rings. The molecule has 2 rings (SSSR count). The average Bonchev–Trinajstić information content (AvgIpc) is 2.74. The van der Waals surface area contributed by atoms with Gasteiger partial charge in [0.25, 0.3) is 5.91 Å². The Hall–Kier alpha value is -2.17. The van der Waals surface area contributed by atoms with Crippen molar-refractivity contribution >= 4 is 23.3 Å². The minimum absolute atomic E-state index is 0.177. The number of hydrazone groups is 1. The van der Waals surface area contributed by atoms with Gasteiger partial charge in [-0.2, -0.15) is 10.1 Å². The van der Waals surface area contributed by atoms with Gasteiger partial charge in [0, 0.05) is 0 Å².